The Morgan fingerprint density at radius 2 is 1.81 bits per heavy atom. The average Bonchev–Trinajstić information content (AvgIpc) is 3.22. The van der Waals surface area contributed by atoms with E-state index in [-0.39, 0.29) is 11.6 Å². The number of hydrogen-bond donors (Lipinski definition) is 2. The van der Waals surface area contributed by atoms with Crippen LogP contribution in [0.1, 0.15) is 16.1 Å². The number of rotatable bonds is 8. The van der Waals surface area contributed by atoms with Gasteiger partial charge < -0.3 is 20.0 Å². The largest absolute Gasteiger partial charge is 0.457 e. The van der Waals surface area contributed by atoms with Gasteiger partial charge in [-0.05, 0) is 50.5 Å². The maximum absolute atomic E-state index is 12.7. The van der Waals surface area contributed by atoms with E-state index in [2.05, 4.69) is 10.6 Å². The van der Waals surface area contributed by atoms with Crippen LogP contribution < -0.4 is 10.6 Å². The molecule has 1 heterocycles. The van der Waals surface area contributed by atoms with E-state index in [1.54, 1.807) is 48.5 Å². The van der Waals surface area contributed by atoms with E-state index in [4.69, 9.17) is 16.0 Å². The molecule has 0 saturated carbocycles. The molecule has 0 aliphatic rings. The molecule has 7 heteroatoms. The average molecular weight is 438 g/mol. The minimum absolute atomic E-state index is 0.0969. The molecule has 2 amide bonds. The predicted octanol–water partition coefficient (Wildman–Crippen LogP) is 4.05. The molecule has 3 rings (SSSR count). The lowest BCUT2D eigenvalue weighted by Crippen LogP contribution is -2.37. The second-order valence-electron chi connectivity index (χ2n) is 7.15. The molecule has 0 spiro atoms. The van der Waals surface area contributed by atoms with E-state index in [1.165, 1.54) is 6.08 Å². The SMILES string of the molecule is CN(C)CCNC(=O)C(=Cc1ccc(-c2cccc(Cl)c2)o1)NC(=O)c1ccccc1. The topological polar surface area (TPSA) is 74.6 Å². The van der Waals surface area contributed by atoms with Gasteiger partial charge in [0.25, 0.3) is 11.8 Å². The van der Waals surface area contributed by atoms with Gasteiger partial charge in [-0.25, -0.2) is 0 Å². The van der Waals surface area contributed by atoms with Crippen molar-refractivity contribution in [3.63, 3.8) is 0 Å². The van der Waals surface area contributed by atoms with E-state index in [1.807, 2.05) is 37.2 Å². The Labute approximate surface area is 186 Å². The van der Waals surface area contributed by atoms with Crippen molar-refractivity contribution >= 4 is 29.5 Å². The Kier molecular flexibility index (Phi) is 7.65. The van der Waals surface area contributed by atoms with Gasteiger partial charge in [-0.15, -0.1) is 0 Å². The third-order valence-corrected chi connectivity index (χ3v) is 4.63. The van der Waals surface area contributed by atoms with Crippen molar-refractivity contribution in [3.05, 3.63) is 88.8 Å². The van der Waals surface area contributed by atoms with Crippen LogP contribution in [0.2, 0.25) is 5.02 Å². The fourth-order valence-electron chi connectivity index (χ4n) is 2.80. The van der Waals surface area contributed by atoms with Crippen LogP contribution >= 0.6 is 11.6 Å². The van der Waals surface area contributed by atoms with Gasteiger partial charge in [0.05, 0.1) is 0 Å². The first-order valence-electron chi connectivity index (χ1n) is 9.79. The number of amides is 2. The van der Waals surface area contributed by atoms with Gasteiger partial charge in [0.1, 0.15) is 17.2 Å². The fraction of sp³-hybridized carbons (Fsp3) is 0.167. The summed E-state index contributed by atoms with van der Waals surface area (Å²) in [6.07, 6.45) is 1.51. The zero-order valence-electron chi connectivity index (χ0n) is 17.4. The first-order valence-corrected chi connectivity index (χ1v) is 10.2. The highest BCUT2D eigenvalue weighted by atomic mass is 35.5. The molecule has 0 radical (unpaired) electrons. The highest BCUT2D eigenvalue weighted by Crippen LogP contribution is 2.25. The highest BCUT2D eigenvalue weighted by molar-refractivity contribution is 6.30. The monoisotopic (exact) mass is 437 g/mol. The van der Waals surface area contributed by atoms with Gasteiger partial charge in [0.2, 0.25) is 0 Å². The van der Waals surface area contributed by atoms with Crippen LogP contribution in [0, 0.1) is 0 Å². The summed E-state index contributed by atoms with van der Waals surface area (Å²) < 4.78 is 5.86. The van der Waals surface area contributed by atoms with Crippen LogP contribution in [-0.2, 0) is 4.79 Å². The van der Waals surface area contributed by atoms with Crippen LogP contribution in [0.25, 0.3) is 17.4 Å². The molecule has 160 valence electrons. The summed E-state index contributed by atoms with van der Waals surface area (Å²) in [5, 5.41) is 6.11. The number of hydrogen-bond acceptors (Lipinski definition) is 4. The Morgan fingerprint density at radius 3 is 2.52 bits per heavy atom. The van der Waals surface area contributed by atoms with Gasteiger partial charge in [-0.2, -0.15) is 0 Å². The van der Waals surface area contributed by atoms with Crippen molar-refractivity contribution in [1.29, 1.82) is 0 Å². The minimum atomic E-state index is -0.396. The van der Waals surface area contributed by atoms with Crippen molar-refractivity contribution in [2.45, 2.75) is 0 Å². The molecule has 2 aromatic carbocycles. The normalized spacial score (nSPS) is 11.4. The van der Waals surface area contributed by atoms with Crippen LogP contribution in [0.5, 0.6) is 0 Å². The third-order valence-electron chi connectivity index (χ3n) is 4.40. The Bertz CT molecular complexity index is 1070. The summed E-state index contributed by atoms with van der Waals surface area (Å²) in [4.78, 5) is 27.3. The molecule has 0 fully saturated rings. The fourth-order valence-corrected chi connectivity index (χ4v) is 2.99. The van der Waals surface area contributed by atoms with Gasteiger partial charge >= 0.3 is 0 Å². The number of likely N-dealkylation sites (N-methyl/N-ethyl adjacent to an activating group) is 1. The zero-order valence-corrected chi connectivity index (χ0v) is 18.1. The molecule has 31 heavy (non-hydrogen) atoms. The second-order valence-corrected chi connectivity index (χ2v) is 7.59. The lowest BCUT2D eigenvalue weighted by molar-refractivity contribution is -0.117. The Morgan fingerprint density at radius 1 is 1.03 bits per heavy atom. The lowest BCUT2D eigenvalue weighted by Gasteiger charge is -2.13. The first-order chi connectivity index (χ1) is 14.9. The molecule has 0 atom stereocenters. The van der Waals surface area contributed by atoms with Crippen molar-refractivity contribution < 1.29 is 14.0 Å². The predicted molar refractivity (Wildman–Crippen MR) is 123 cm³/mol. The summed E-state index contributed by atoms with van der Waals surface area (Å²) in [7, 11) is 3.83. The van der Waals surface area contributed by atoms with E-state index in [9.17, 15) is 9.59 Å². The molecule has 1 aromatic heterocycles. The highest BCUT2D eigenvalue weighted by Gasteiger charge is 2.15. The Balaban J connectivity index is 1.83. The molecule has 6 nitrogen and oxygen atoms in total. The minimum Gasteiger partial charge on any atom is -0.457 e. The van der Waals surface area contributed by atoms with Crippen molar-refractivity contribution in [2.75, 3.05) is 27.2 Å². The van der Waals surface area contributed by atoms with Crippen LogP contribution in [-0.4, -0.2) is 43.9 Å². The molecule has 0 aliphatic carbocycles. The quantitative estimate of drug-likeness (QED) is 0.521. The summed E-state index contributed by atoms with van der Waals surface area (Å²) in [6.45, 7) is 1.11. The van der Waals surface area contributed by atoms with E-state index < -0.39 is 5.91 Å². The maximum atomic E-state index is 12.7. The van der Waals surface area contributed by atoms with Crippen molar-refractivity contribution in [3.8, 4) is 11.3 Å². The number of carbonyl (C=O) groups excluding carboxylic acids is 2. The number of halogens is 1. The van der Waals surface area contributed by atoms with Crippen LogP contribution in [0.15, 0.2) is 76.8 Å². The standard InChI is InChI=1S/C24H24ClN3O3/c1-28(2)14-13-26-24(30)21(27-23(29)17-7-4-3-5-8-17)16-20-11-12-22(31-20)18-9-6-10-19(25)15-18/h3-12,15-16H,13-14H2,1-2H3,(H,26,30)(H,27,29). The molecular formula is C24H24ClN3O3. The van der Waals surface area contributed by atoms with E-state index in [0.717, 1.165) is 5.56 Å². The van der Waals surface area contributed by atoms with Gasteiger partial charge in [-0.1, -0.05) is 41.9 Å². The lowest BCUT2D eigenvalue weighted by atomic mass is 10.2. The van der Waals surface area contributed by atoms with E-state index in [0.29, 0.717) is 35.2 Å². The number of benzene rings is 2. The summed E-state index contributed by atoms with van der Waals surface area (Å²) >= 11 is 6.06. The molecule has 0 saturated heterocycles. The smallest absolute Gasteiger partial charge is 0.267 e. The van der Waals surface area contributed by atoms with E-state index >= 15 is 0 Å². The number of carbonyl (C=O) groups is 2. The van der Waals surface area contributed by atoms with Gasteiger partial charge in [0, 0.05) is 35.3 Å². The van der Waals surface area contributed by atoms with Crippen LogP contribution in [0.3, 0.4) is 0 Å². The molecule has 0 unspecified atom stereocenters. The van der Waals surface area contributed by atoms with Gasteiger partial charge in [0.15, 0.2) is 0 Å². The number of nitrogens with one attached hydrogen (secondary N) is 2. The summed E-state index contributed by atoms with van der Waals surface area (Å²) in [6, 6.07) is 19.5. The Hall–Kier alpha value is -3.35. The second kappa shape index (κ2) is 10.6. The van der Waals surface area contributed by atoms with Crippen LogP contribution in [0.4, 0.5) is 0 Å². The zero-order chi connectivity index (χ0) is 22.2. The number of nitrogens with zero attached hydrogens (tertiary/aromatic N) is 1. The van der Waals surface area contributed by atoms with Gasteiger partial charge in [-0.3, -0.25) is 9.59 Å². The first kappa shape index (κ1) is 22.3. The summed E-state index contributed by atoms with van der Waals surface area (Å²) in [5.74, 6) is 0.264. The third kappa shape index (κ3) is 6.57. The maximum Gasteiger partial charge on any atom is 0.267 e. The molecular weight excluding hydrogens is 414 g/mol. The molecule has 3 aromatic rings. The summed E-state index contributed by atoms with van der Waals surface area (Å²) in [5.41, 5.74) is 1.37. The molecule has 0 aliphatic heterocycles. The number of furan rings is 1. The molecule has 2 N–H and O–H groups in total. The van der Waals surface area contributed by atoms with Crippen molar-refractivity contribution in [1.82, 2.24) is 15.5 Å². The molecule has 0 bridgehead atoms. The van der Waals surface area contributed by atoms with Crippen molar-refractivity contribution in [2.24, 2.45) is 0 Å².